The Balaban J connectivity index is 1.60. The topological polar surface area (TPSA) is 24.7 Å². The van der Waals surface area contributed by atoms with Gasteiger partial charge in [-0.25, -0.2) is 4.39 Å². The van der Waals surface area contributed by atoms with E-state index in [-0.39, 0.29) is 5.82 Å². The molecule has 0 aliphatic carbocycles. The van der Waals surface area contributed by atoms with Gasteiger partial charge in [-0.2, -0.15) is 10.2 Å². The van der Waals surface area contributed by atoms with Crippen LogP contribution in [-0.4, -0.2) is 12.4 Å². The molecule has 34 heavy (non-hydrogen) atoms. The predicted molar refractivity (Wildman–Crippen MR) is 144 cm³/mol. The third-order valence-corrected chi connectivity index (χ3v) is 5.96. The zero-order valence-corrected chi connectivity index (χ0v) is 20.2. The van der Waals surface area contributed by atoms with Gasteiger partial charge in [-0.3, -0.25) is 0 Å². The lowest BCUT2D eigenvalue weighted by molar-refractivity contribution is 0.631. The van der Waals surface area contributed by atoms with Crippen LogP contribution in [0.15, 0.2) is 89.6 Å². The summed E-state index contributed by atoms with van der Waals surface area (Å²) in [7, 11) is 0. The van der Waals surface area contributed by atoms with Crippen LogP contribution in [0.1, 0.15) is 67.7 Å². The van der Waals surface area contributed by atoms with Crippen LogP contribution in [0, 0.1) is 5.82 Å². The Hall–Kier alpha value is -3.33. The van der Waals surface area contributed by atoms with Crippen molar-refractivity contribution in [1.82, 2.24) is 0 Å². The van der Waals surface area contributed by atoms with Gasteiger partial charge in [-0.1, -0.05) is 86.5 Å². The van der Waals surface area contributed by atoms with E-state index in [1.54, 1.807) is 12.4 Å². The van der Waals surface area contributed by atoms with Crippen LogP contribution in [-0.2, 0) is 12.8 Å². The zero-order chi connectivity index (χ0) is 24.0. The summed E-state index contributed by atoms with van der Waals surface area (Å²) in [6.45, 7) is 5.96. The molecule has 0 aliphatic rings. The fraction of sp³-hybridized carbons (Fsp3) is 0.290. The smallest absolute Gasteiger partial charge is 0.131 e. The molecule has 3 aromatic rings. The van der Waals surface area contributed by atoms with Crippen molar-refractivity contribution < 1.29 is 4.39 Å². The molecule has 0 bridgehead atoms. The predicted octanol–water partition coefficient (Wildman–Crippen LogP) is 8.58. The Morgan fingerprint density at radius 3 is 2.38 bits per heavy atom. The molecule has 2 nitrogen and oxygen atoms in total. The Bertz CT molecular complexity index is 1100. The molecule has 3 rings (SSSR count). The van der Waals surface area contributed by atoms with E-state index < -0.39 is 0 Å². The van der Waals surface area contributed by atoms with Gasteiger partial charge in [0.1, 0.15) is 5.82 Å². The number of aryl methyl sites for hydroxylation is 2. The second kappa shape index (κ2) is 14.0. The first-order valence-corrected chi connectivity index (χ1v) is 12.4. The van der Waals surface area contributed by atoms with Gasteiger partial charge in [0.05, 0.1) is 12.4 Å². The van der Waals surface area contributed by atoms with Gasteiger partial charge in [0.15, 0.2) is 0 Å². The molecule has 0 saturated carbocycles. The number of hydrogen-bond donors (Lipinski definition) is 0. The lowest BCUT2D eigenvalue weighted by atomic mass is 10.0. The van der Waals surface area contributed by atoms with Gasteiger partial charge in [-0.05, 0) is 72.4 Å². The van der Waals surface area contributed by atoms with Crippen molar-refractivity contribution >= 4 is 12.4 Å². The highest BCUT2D eigenvalue weighted by Gasteiger charge is 2.06. The first-order valence-electron chi connectivity index (χ1n) is 12.4. The largest absolute Gasteiger partial charge is 0.206 e. The average Bonchev–Trinajstić information content (AvgIpc) is 2.86. The van der Waals surface area contributed by atoms with Gasteiger partial charge in [-0.15, -0.1) is 6.58 Å². The highest BCUT2D eigenvalue weighted by Crippen LogP contribution is 2.24. The van der Waals surface area contributed by atoms with Crippen molar-refractivity contribution in [2.45, 2.75) is 58.3 Å². The van der Waals surface area contributed by atoms with Crippen LogP contribution in [0.3, 0.4) is 0 Å². The minimum atomic E-state index is -0.254. The summed E-state index contributed by atoms with van der Waals surface area (Å²) in [6, 6.07) is 21.6. The van der Waals surface area contributed by atoms with E-state index in [0.717, 1.165) is 36.8 Å². The molecule has 0 spiro atoms. The van der Waals surface area contributed by atoms with E-state index >= 15 is 0 Å². The maximum atomic E-state index is 14.8. The van der Waals surface area contributed by atoms with Crippen molar-refractivity contribution in [3.05, 3.63) is 107 Å². The van der Waals surface area contributed by atoms with E-state index in [0.29, 0.717) is 11.1 Å². The van der Waals surface area contributed by atoms with Crippen LogP contribution in [0.5, 0.6) is 0 Å². The minimum absolute atomic E-state index is 0.254. The maximum absolute atomic E-state index is 14.8. The highest BCUT2D eigenvalue weighted by atomic mass is 19.1. The Kier molecular flexibility index (Phi) is 10.4. The highest BCUT2D eigenvalue weighted by molar-refractivity contribution is 5.84. The lowest BCUT2D eigenvalue weighted by Gasteiger charge is -2.06. The molecule has 0 aromatic heterocycles. The summed E-state index contributed by atoms with van der Waals surface area (Å²) in [4.78, 5) is 0. The second-order valence-electron chi connectivity index (χ2n) is 8.62. The Morgan fingerprint density at radius 1 is 0.824 bits per heavy atom. The van der Waals surface area contributed by atoms with Crippen molar-refractivity contribution in [3.63, 3.8) is 0 Å². The van der Waals surface area contributed by atoms with Crippen molar-refractivity contribution in [1.29, 1.82) is 0 Å². The Labute approximate surface area is 204 Å². The summed E-state index contributed by atoms with van der Waals surface area (Å²) >= 11 is 0. The molecule has 3 aromatic carbocycles. The molecule has 3 heteroatoms. The van der Waals surface area contributed by atoms with Crippen molar-refractivity contribution in [3.8, 4) is 11.1 Å². The molecule has 0 heterocycles. The standard InChI is InChI=1S/C31H35FN2/c1-3-5-7-8-9-13-27-14-10-11-15-29(27)24-34-33-23-26-18-21-30(31(32)22-26)28-19-16-25(17-20-28)12-6-4-2/h3,10-11,14-24H,1,4-9,12-13H2,2H3. The molecule has 0 fully saturated rings. The summed E-state index contributed by atoms with van der Waals surface area (Å²) in [6.07, 6.45) is 14.4. The SMILES string of the molecule is C=CCCCCCc1ccccc1C=NN=Cc1ccc(-c2ccc(CCCC)cc2)c(F)c1. The van der Waals surface area contributed by atoms with E-state index in [2.05, 4.69) is 54.0 Å². The van der Waals surface area contributed by atoms with E-state index in [1.165, 1.54) is 42.9 Å². The maximum Gasteiger partial charge on any atom is 0.131 e. The number of hydrogen-bond acceptors (Lipinski definition) is 2. The number of allylic oxidation sites excluding steroid dienone is 1. The van der Waals surface area contributed by atoms with Crippen LogP contribution in [0.2, 0.25) is 0 Å². The third kappa shape index (κ3) is 7.91. The van der Waals surface area contributed by atoms with Crippen molar-refractivity contribution in [2.75, 3.05) is 0 Å². The first kappa shape index (κ1) is 25.3. The zero-order valence-electron chi connectivity index (χ0n) is 20.2. The molecular weight excluding hydrogens is 419 g/mol. The van der Waals surface area contributed by atoms with Crippen LogP contribution < -0.4 is 0 Å². The fourth-order valence-electron chi connectivity index (χ4n) is 3.94. The molecule has 0 unspecified atom stereocenters. The average molecular weight is 455 g/mol. The second-order valence-corrected chi connectivity index (χ2v) is 8.62. The van der Waals surface area contributed by atoms with Gasteiger partial charge in [0.2, 0.25) is 0 Å². The molecular formula is C31H35FN2. The normalized spacial score (nSPS) is 11.5. The van der Waals surface area contributed by atoms with E-state index in [4.69, 9.17) is 0 Å². The molecule has 0 N–H and O–H groups in total. The van der Waals surface area contributed by atoms with E-state index in [1.807, 2.05) is 36.4 Å². The quantitative estimate of drug-likeness (QED) is 0.107. The molecule has 0 radical (unpaired) electrons. The van der Waals surface area contributed by atoms with Crippen LogP contribution in [0.25, 0.3) is 11.1 Å². The number of unbranched alkanes of at least 4 members (excludes halogenated alkanes) is 4. The molecule has 0 atom stereocenters. The van der Waals surface area contributed by atoms with Crippen LogP contribution in [0.4, 0.5) is 4.39 Å². The van der Waals surface area contributed by atoms with Crippen LogP contribution >= 0.6 is 0 Å². The van der Waals surface area contributed by atoms with Gasteiger partial charge < -0.3 is 0 Å². The monoisotopic (exact) mass is 454 g/mol. The van der Waals surface area contributed by atoms with Crippen molar-refractivity contribution in [2.24, 2.45) is 10.2 Å². The molecule has 0 aliphatic heterocycles. The minimum Gasteiger partial charge on any atom is -0.206 e. The molecule has 0 amide bonds. The van der Waals surface area contributed by atoms with Gasteiger partial charge in [0, 0.05) is 5.56 Å². The lowest BCUT2D eigenvalue weighted by Crippen LogP contribution is -1.93. The summed E-state index contributed by atoms with van der Waals surface area (Å²) in [5.74, 6) is -0.254. The fourth-order valence-corrected chi connectivity index (χ4v) is 3.94. The van der Waals surface area contributed by atoms with Gasteiger partial charge >= 0.3 is 0 Å². The molecule has 176 valence electrons. The number of halogens is 1. The number of benzene rings is 3. The number of nitrogens with zero attached hydrogens (tertiary/aromatic N) is 2. The third-order valence-electron chi connectivity index (χ3n) is 5.96. The van der Waals surface area contributed by atoms with Gasteiger partial charge in [0.25, 0.3) is 0 Å². The summed E-state index contributed by atoms with van der Waals surface area (Å²) in [5.41, 5.74) is 5.82. The first-order chi connectivity index (χ1) is 16.7. The molecule has 0 saturated heterocycles. The van der Waals surface area contributed by atoms with E-state index in [9.17, 15) is 4.39 Å². The summed E-state index contributed by atoms with van der Waals surface area (Å²) < 4.78 is 14.8. The summed E-state index contributed by atoms with van der Waals surface area (Å²) in [5, 5.41) is 8.36. The number of rotatable bonds is 13. The Morgan fingerprint density at radius 2 is 1.62 bits per heavy atom.